The van der Waals surface area contributed by atoms with Gasteiger partial charge in [-0.05, 0) is 75.7 Å². The molecule has 0 aliphatic carbocycles. The molecular formula is C26H36N2O3. The number of aryl methyl sites for hydroxylation is 1. The Morgan fingerprint density at radius 3 is 2.52 bits per heavy atom. The van der Waals surface area contributed by atoms with Crippen LogP contribution in [-0.4, -0.2) is 44.2 Å². The van der Waals surface area contributed by atoms with E-state index in [1.807, 2.05) is 12.1 Å². The number of anilines is 1. The van der Waals surface area contributed by atoms with Crippen LogP contribution in [0.1, 0.15) is 44.6 Å². The van der Waals surface area contributed by atoms with Gasteiger partial charge in [0.25, 0.3) is 0 Å². The van der Waals surface area contributed by atoms with Crippen LogP contribution in [0.5, 0.6) is 11.5 Å². The molecule has 1 atom stereocenters. The summed E-state index contributed by atoms with van der Waals surface area (Å²) in [5, 5.41) is 2.98. The zero-order valence-electron chi connectivity index (χ0n) is 19.1. The van der Waals surface area contributed by atoms with E-state index in [0.717, 1.165) is 25.9 Å². The number of piperidine rings is 1. The third-order valence-electron chi connectivity index (χ3n) is 6.43. The van der Waals surface area contributed by atoms with Crippen LogP contribution in [0.15, 0.2) is 48.5 Å². The number of nitrogens with zero attached hydrogens (tertiary/aromatic N) is 1. The average Bonchev–Trinajstić information content (AvgIpc) is 2.82. The van der Waals surface area contributed by atoms with E-state index in [1.165, 1.54) is 24.8 Å². The van der Waals surface area contributed by atoms with Crippen LogP contribution in [-0.2, 0) is 11.2 Å². The summed E-state index contributed by atoms with van der Waals surface area (Å²) in [5.41, 5.74) is 2.11. The first kappa shape index (κ1) is 23.1. The maximum Gasteiger partial charge on any atom is 0.224 e. The number of nitrogens with one attached hydrogen (secondary N) is 1. The minimum absolute atomic E-state index is 0.0436. The lowest BCUT2D eigenvalue weighted by Crippen LogP contribution is -2.40. The highest BCUT2D eigenvalue weighted by Crippen LogP contribution is 2.30. The molecule has 31 heavy (non-hydrogen) atoms. The van der Waals surface area contributed by atoms with E-state index < -0.39 is 0 Å². The molecule has 5 nitrogen and oxygen atoms in total. The second kappa shape index (κ2) is 11.8. The fourth-order valence-corrected chi connectivity index (χ4v) is 4.33. The number of hydrogen-bond acceptors (Lipinski definition) is 4. The molecule has 168 valence electrons. The van der Waals surface area contributed by atoms with Gasteiger partial charge in [0.2, 0.25) is 5.91 Å². The van der Waals surface area contributed by atoms with Crippen molar-refractivity contribution < 1.29 is 14.3 Å². The molecule has 2 aromatic carbocycles. The van der Waals surface area contributed by atoms with Crippen LogP contribution in [0.3, 0.4) is 0 Å². The standard InChI is InChI=1S/C26H36N2O3/c1-20(9-10-21-7-5-4-6-8-21)28-17-15-22(16-18-28)11-14-26(29)27-24-13-12-23(30-2)19-25(24)31-3/h4-8,12-13,19-20,22H,9-11,14-18H2,1-3H3,(H,27,29). The highest BCUT2D eigenvalue weighted by atomic mass is 16.5. The van der Waals surface area contributed by atoms with E-state index in [-0.39, 0.29) is 5.91 Å². The third-order valence-corrected chi connectivity index (χ3v) is 6.43. The molecule has 0 radical (unpaired) electrons. The van der Waals surface area contributed by atoms with Crippen molar-refractivity contribution in [3.05, 3.63) is 54.1 Å². The van der Waals surface area contributed by atoms with Gasteiger partial charge in [0, 0.05) is 18.5 Å². The molecule has 1 aliphatic heterocycles. The number of ether oxygens (including phenoxy) is 2. The minimum atomic E-state index is 0.0436. The van der Waals surface area contributed by atoms with Crippen LogP contribution in [0.2, 0.25) is 0 Å². The monoisotopic (exact) mass is 424 g/mol. The fraction of sp³-hybridized carbons (Fsp3) is 0.500. The van der Waals surface area contributed by atoms with E-state index in [1.54, 1.807) is 20.3 Å². The van der Waals surface area contributed by atoms with Gasteiger partial charge in [-0.1, -0.05) is 30.3 Å². The molecule has 1 unspecified atom stereocenters. The molecule has 3 rings (SSSR count). The molecule has 0 bridgehead atoms. The zero-order valence-corrected chi connectivity index (χ0v) is 19.1. The number of hydrogen-bond donors (Lipinski definition) is 1. The summed E-state index contributed by atoms with van der Waals surface area (Å²) < 4.78 is 10.6. The van der Waals surface area contributed by atoms with Gasteiger partial charge in [-0.15, -0.1) is 0 Å². The third kappa shape index (κ3) is 7.00. The maximum absolute atomic E-state index is 12.5. The van der Waals surface area contributed by atoms with Gasteiger partial charge in [-0.25, -0.2) is 0 Å². The highest BCUT2D eigenvalue weighted by molar-refractivity contribution is 5.92. The molecule has 1 N–H and O–H groups in total. The first-order chi connectivity index (χ1) is 15.1. The number of methoxy groups -OCH3 is 2. The Morgan fingerprint density at radius 2 is 1.84 bits per heavy atom. The molecule has 1 aliphatic rings. The lowest BCUT2D eigenvalue weighted by Gasteiger charge is -2.36. The summed E-state index contributed by atoms with van der Waals surface area (Å²) in [6.07, 6.45) is 6.17. The Bertz CT molecular complexity index is 817. The molecule has 5 heteroatoms. The predicted molar refractivity (Wildman–Crippen MR) is 126 cm³/mol. The number of likely N-dealkylation sites (tertiary alicyclic amines) is 1. The van der Waals surface area contributed by atoms with Gasteiger partial charge < -0.3 is 19.7 Å². The number of carbonyl (C=O) groups is 1. The van der Waals surface area contributed by atoms with Crippen LogP contribution in [0.4, 0.5) is 5.69 Å². The van der Waals surface area contributed by atoms with Gasteiger partial charge in [0.05, 0.1) is 19.9 Å². The van der Waals surface area contributed by atoms with Crippen molar-refractivity contribution >= 4 is 11.6 Å². The average molecular weight is 425 g/mol. The lowest BCUT2D eigenvalue weighted by molar-refractivity contribution is -0.116. The zero-order chi connectivity index (χ0) is 22.1. The van der Waals surface area contributed by atoms with Gasteiger partial charge in [-0.2, -0.15) is 0 Å². The Kier molecular flexibility index (Phi) is 8.77. The number of rotatable bonds is 10. The van der Waals surface area contributed by atoms with Gasteiger partial charge in [0.15, 0.2) is 0 Å². The number of benzene rings is 2. The smallest absolute Gasteiger partial charge is 0.224 e. The van der Waals surface area contributed by atoms with Crippen molar-refractivity contribution in [1.82, 2.24) is 4.90 Å². The second-order valence-corrected chi connectivity index (χ2v) is 8.51. The number of carbonyl (C=O) groups excluding carboxylic acids is 1. The molecule has 1 saturated heterocycles. The molecule has 2 aromatic rings. The maximum atomic E-state index is 12.5. The van der Waals surface area contributed by atoms with E-state index in [9.17, 15) is 4.79 Å². The van der Waals surface area contributed by atoms with Crippen LogP contribution < -0.4 is 14.8 Å². The van der Waals surface area contributed by atoms with E-state index in [0.29, 0.717) is 35.6 Å². The second-order valence-electron chi connectivity index (χ2n) is 8.51. The Balaban J connectivity index is 1.37. The summed E-state index contributed by atoms with van der Waals surface area (Å²) in [4.78, 5) is 15.1. The molecule has 0 aromatic heterocycles. The van der Waals surface area contributed by atoms with E-state index in [4.69, 9.17) is 9.47 Å². The first-order valence-electron chi connectivity index (χ1n) is 11.4. The van der Waals surface area contributed by atoms with Crippen molar-refractivity contribution in [2.45, 2.75) is 51.5 Å². The summed E-state index contributed by atoms with van der Waals surface area (Å²) in [5.74, 6) is 1.99. The Labute approximate surface area is 186 Å². The molecule has 1 fully saturated rings. The van der Waals surface area contributed by atoms with Gasteiger partial charge in [0.1, 0.15) is 11.5 Å². The SMILES string of the molecule is COc1ccc(NC(=O)CCC2CCN(C(C)CCc3ccccc3)CC2)c(OC)c1. The Hall–Kier alpha value is -2.53. The van der Waals surface area contributed by atoms with Crippen molar-refractivity contribution in [2.75, 3.05) is 32.6 Å². The van der Waals surface area contributed by atoms with Crippen LogP contribution in [0.25, 0.3) is 0 Å². The Morgan fingerprint density at radius 1 is 1.10 bits per heavy atom. The molecular weight excluding hydrogens is 388 g/mol. The largest absolute Gasteiger partial charge is 0.497 e. The van der Waals surface area contributed by atoms with Crippen molar-refractivity contribution in [1.29, 1.82) is 0 Å². The first-order valence-corrected chi connectivity index (χ1v) is 11.4. The van der Waals surface area contributed by atoms with Gasteiger partial charge in [-0.3, -0.25) is 4.79 Å². The molecule has 0 spiro atoms. The van der Waals surface area contributed by atoms with Gasteiger partial charge >= 0.3 is 0 Å². The van der Waals surface area contributed by atoms with Crippen molar-refractivity contribution in [3.8, 4) is 11.5 Å². The van der Waals surface area contributed by atoms with Crippen LogP contribution >= 0.6 is 0 Å². The molecule has 0 saturated carbocycles. The lowest BCUT2D eigenvalue weighted by atomic mass is 9.91. The highest BCUT2D eigenvalue weighted by Gasteiger charge is 2.23. The van der Waals surface area contributed by atoms with Crippen molar-refractivity contribution in [3.63, 3.8) is 0 Å². The topological polar surface area (TPSA) is 50.8 Å². The quantitative estimate of drug-likeness (QED) is 0.573. The normalized spacial score (nSPS) is 16.0. The van der Waals surface area contributed by atoms with Crippen LogP contribution in [0, 0.1) is 5.92 Å². The summed E-state index contributed by atoms with van der Waals surface area (Å²) in [6, 6.07) is 16.8. The molecule has 1 amide bonds. The number of amides is 1. The summed E-state index contributed by atoms with van der Waals surface area (Å²) >= 11 is 0. The van der Waals surface area contributed by atoms with E-state index >= 15 is 0 Å². The summed E-state index contributed by atoms with van der Waals surface area (Å²) in [7, 11) is 3.21. The van der Waals surface area contributed by atoms with E-state index in [2.05, 4.69) is 47.5 Å². The fourth-order valence-electron chi connectivity index (χ4n) is 4.33. The predicted octanol–water partition coefficient (Wildman–Crippen LogP) is 5.16. The van der Waals surface area contributed by atoms with Crippen molar-refractivity contribution in [2.24, 2.45) is 5.92 Å². The minimum Gasteiger partial charge on any atom is -0.497 e. The summed E-state index contributed by atoms with van der Waals surface area (Å²) in [6.45, 7) is 4.61. The molecule has 1 heterocycles.